The number of rotatable bonds is 7. The van der Waals surface area contributed by atoms with Crippen molar-refractivity contribution < 1.29 is 23.1 Å². The molecule has 0 N–H and O–H groups in total. The zero-order chi connectivity index (χ0) is 18.4. The second-order valence-corrected chi connectivity index (χ2v) is 5.60. The fourth-order valence-electron chi connectivity index (χ4n) is 2.49. The number of pyridine rings is 1. The summed E-state index contributed by atoms with van der Waals surface area (Å²) >= 11 is 6.04. The van der Waals surface area contributed by atoms with E-state index in [1.54, 1.807) is 19.1 Å². The fourth-order valence-corrected chi connectivity index (χ4v) is 2.74. The molecule has 0 aliphatic rings. The normalized spacial score (nSPS) is 11.8. The number of nitrogens with zero attached hydrogens (tertiary/aromatic N) is 1. The van der Waals surface area contributed by atoms with Crippen LogP contribution >= 0.6 is 11.6 Å². The monoisotopic (exact) mass is 367 g/mol. The minimum Gasteiger partial charge on any atom is -0.466 e. The lowest BCUT2D eigenvalue weighted by Crippen LogP contribution is -2.19. The molecule has 0 fully saturated rings. The third-order valence-corrected chi connectivity index (χ3v) is 3.95. The molecule has 0 spiro atoms. The Morgan fingerprint density at radius 3 is 2.48 bits per heavy atom. The molecule has 0 amide bonds. The molecule has 1 aromatic heterocycles. The Bertz CT molecular complexity index is 762. The first-order valence-corrected chi connectivity index (χ1v) is 8.07. The average molecular weight is 368 g/mol. The summed E-state index contributed by atoms with van der Waals surface area (Å²) in [6.07, 6.45) is 1.34. The van der Waals surface area contributed by atoms with Gasteiger partial charge in [-0.15, -0.1) is 0 Å². The van der Waals surface area contributed by atoms with Gasteiger partial charge in [0.25, 0.3) is 0 Å². The van der Waals surface area contributed by atoms with E-state index in [0.717, 1.165) is 12.1 Å². The molecule has 0 radical (unpaired) electrons. The molecule has 0 aliphatic heterocycles. The van der Waals surface area contributed by atoms with Crippen LogP contribution in [-0.2, 0) is 9.53 Å². The van der Waals surface area contributed by atoms with Gasteiger partial charge in [0.05, 0.1) is 18.1 Å². The van der Waals surface area contributed by atoms with Crippen LogP contribution in [0.2, 0.25) is 5.15 Å². The molecule has 2 aromatic rings. The predicted molar refractivity (Wildman–Crippen MR) is 88.5 cm³/mol. The van der Waals surface area contributed by atoms with E-state index in [4.69, 9.17) is 16.3 Å². The minimum absolute atomic E-state index is 0.00312. The van der Waals surface area contributed by atoms with Gasteiger partial charge < -0.3 is 4.74 Å². The van der Waals surface area contributed by atoms with Crippen molar-refractivity contribution >= 4 is 23.4 Å². The van der Waals surface area contributed by atoms with Crippen LogP contribution in [-0.4, -0.2) is 23.3 Å². The highest BCUT2D eigenvalue weighted by Gasteiger charge is 2.29. The van der Waals surface area contributed by atoms with E-state index in [0.29, 0.717) is 5.56 Å². The van der Waals surface area contributed by atoms with E-state index in [-0.39, 0.29) is 24.6 Å². The predicted octanol–water partition coefficient (Wildman–Crippen LogP) is 4.32. The summed E-state index contributed by atoms with van der Waals surface area (Å²) in [6.45, 7) is 1.86. The maximum absolute atomic E-state index is 14.0. The van der Waals surface area contributed by atoms with Crippen LogP contribution in [0, 0.1) is 11.6 Å². The number of benzene rings is 1. The third-order valence-electron chi connectivity index (χ3n) is 3.63. The van der Waals surface area contributed by atoms with Gasteiger partial charge in [0.15, 0.2) is 5.78 Å². The number of carbonyl (C=O) groups is 2. The number of hydrogen-bond acceptors (Lipinski definition) is 4. The first kappa shape index (κ1) is 19.0. The highest BCUT2D eigenvalue weighted by molar-refractivity contribution is 6.30. The second kappa shape index (κ2) is 8.67. The Kier molecular flexibility index (Phi) is 6.58. The number of halogens is 3. The summed E-state index contributed by atoms with van der Waals surface area (Å²) in [4.78, 5) is 28.3. The van der Waals surface area contributed by atoms with Crippen LogP contribution in [0.5, 0.6) is 0 Å². The van der Waals surface area contributed by atoms with E-state index >= 15 is 0 Å². The van der Waals surface area contributed by atoms with Crippen LogP contribution in [0.25, 0.3) is 0 Å². The van der Waals surface area contributed by atoms with Crippen LogP contribution in [0.4, 0.5) is 8.78 Å². The van der Waals surface area contributed by atoms with E-state index < -0.39 is 34.9 Å². The van der Waals surface area contributed by atoms with Crippen LogP contribution in [0.1, 0.15) is 41.6 Å². The Labute approximate surface area is 148 Å². The molecule has 0 bridgehead atoms. The number of Topliss-reactive ketones (excluding diaryl/α,β-unsaturated/α-hetero) is 1. The summed E-state index contributed by atoms with van der Waals surface area (Å²) in [5.41, 5.74) is -0.350. The maximum atomic E-state index is 14.0. The summed E-state index contributed by atoms with van der Waals surface area (Å²) in [5.74, 6) is -4.25. The molecular formula is C18H16ClF2NO3. The Morgan fingerprint density at radius 2 is 1.88 bits per heavy atom. The van der Waals surface area contributed by atoms with E-state index in [1.807, 2.05) is 0 Å². The average Bonchev–Trinajstić information content (AvgIpc) is 2.56. The van der Waals surface area contributed by atoms with E-state index in [9.17, 15) is 18.4 Å². The smallest absolute Gasteiger partial charge is 0.305 e. The lowest BCUT2D eigenvalue weighted by Gasteiger charge is -2.17. The molecule has 1 unspecified atom stereocenters. The number of ketones is 1. The largest absolute Gasteiger partial charge is 0.466 e. The standard InChI is InChI=1S/C18H16ClF2NO3/c1-2-25-15(23)9-8-11(12-5-4-10-22-18(12)19)17(24)16-13(20)6-3-7-14(16)21/h3-7,10-11H,2,8-9H2,1H3. The van der Waals surface area contributed by atoms with Crippen molar-refractivity contribution in [2.24, 2.45) is 0 Å². The Hall–Kier alpha value is -2.34. The van der Waals surface area contributed by atoms with Crippen LogP contribution < -0.4 is 0 Å². The summed E-state index contributed by atoms with van der Waals surface area (Å²) in [6, 6.07) is 6.28. The highest BCUT2D eigenvalue weighted by atomic mass is 35.5. The number of hydrogen-bond donors (Lipinski definition) is 0. The molecule has 25 heavy (non-hydrogen) atoms. The van der Waals surface area contributed by atoms with Gasteiger partial charge in [0.1, 0.15) is 16.8 Å². The SMILES string of the molecule is CCOC(=O)CCC(C(=O)c1c(F)cccc1F)c1cccnc1Cl. The van der Waals surface area contributed by atoms with E-state index in [2.05, 4.69) is 4.98 Å². The summed E-state index contributed by atoms with van der Waals surface area (Å²) in [5, 5.41) is 0.0430. The van der Waals surface area contributed by atoms with Crippen LogP contribution in [0.15, 0.2) is 36.5 Å². The number of ether oxygens (including phenoxy) is 1. The van der Waals surface area contributed by atoms with Crippen molar-refractivity contribution in [3.8, 4) is 0 Å². The molecule has 132 valence electrons. The molecule has 2 rings (SSSR count). The Morgan fingerprint density at radius 1 is 1.20 bits per heavy atom. The van der Waals surface area contributed by atoms with Crippen molar-refractivity contribution in [3.05, 3.63) is 64.4 Å². The molecular weight excluding hydrogens is 352 g/mol. The van der Waals surface area contributed by atoms with Crippen molar-refractivity contribution in [3.63, 3.8) is 0 Å². The van der Waals surface area contributed by atoms with Crippen molar-refractivity contribution in [1.29, 1.82) is 0 Å². The number of carbonyl (C=O) groups excluding carboxylic acids is 2. The first-order valence-electron chi connectivity index (χ1n) is 7.70. The zero-order valence-electron chi connectivity index (χ0n) is 13.5. The molecule has 0 saturated carbocycles. The maximum Gasteiger partial charge on any atom is 0.305 e. The lowest BCUT2D eigenvalue weighted by atomic mass is 9.87. The molecule has 1 atom stereocenters. The molecule has 0 aliphatic carbocycles. The van der Waals surface area contributed by atoms with Gasteiger partial charge in [-0.05, 0) is 31.5 Å². The zero-order valence-corrected chi connectivity index (χ0v) is 14.2. The highest BCUT2D eigenvalue weighted by Crippen LogP contribution is 2.31. The third kappa shape index (κ3) is 4.60. The van der Waals surface area contributed by atoms with Crippen molar-refractivity contribution in [2.75, 3.05) is 6.61 Å². The lowest BCUT2D eigenvalue weighted by molar-refractivity contribution is -0.143. The van der Waals surface area contributed by atoms with Gasteiger partial charge in [-0.3, -0.25) is 9.59 Å². The van der Waals surface area contributed by atoms with Crippen molar-refractivity contribution in [2.45, 2.75) is 25.7 Å². The van der Waals surface area contributed by atoms with Gasteiger partial charge in [-0.25, -0.2) is 13.8 Å². The van der Waals surface area contributed by atoms with Gasteiger partial charge in [0, 0.05) is 18.2 Å². The summed E-state index contributed by atoms with van der Waals surface area (Å²) in [7, 11) is 0. The molecule has 7 heteroatoms. The minimum atomic E-state index is -1.02. The first-order chi connectivity index (χ1) is 12.0. The van der Waals surface area contributed by atoms with Crippen molar-refractivity contribution in [1.82, 2.24) is 4.98 Å². The number of aromatic nitrogens is 1. The van der Waals surface area contributed by atoms with Gasteiger partial charge >= 0.3 is 5.97 Å². The molecule has 0 saturated heterocycles. The number of esters is 1. The summed E-state index contributed by atoms with van der Waals surface area (Å²) < 4.78 is 32.8. The van der Waals surface area contributed by atoms with E-state index in [1.165, 1.54) is 12.3 Å². The fraction of sp³-hybridized carbons (Fsp3) is 0.278. The van der Waals surface area contributed by atoms with Crippen LogP contribution in [0.3, 0.4) is 0 Å². The molecule has 1 aromatic carbocycles. The molecule has 1 heterocycles. The van der Waals surface area contributed by atoms with Gasteiger partial charge in [0.2, 0.25) is 0 Å². The Balaban J connectivity index is 2.39. The quantitative estimate of drug-likeness (QED) is 0.415. The van der Waals surface area contributed by atoms with Gasteiger partial charge in [-0.2, -0.15) is 0 Å². The molecule has 4 nitrogen and oxygen atoms in total. The topological polar surface area (TPSA) is 56.3 Å². The van der Waals surface area contributed by atoms with Gasteiger partial charge in [-0.1, -0.05) is 23.7 Å². The second-order valence-electron chi connectivity index (χ2n) is 5.24.